The molecule has 2 rings (SSSR count). The molecule has 0 aliphatic rings. The number of carboxylic acid groups (broad SMARTS) is 1. The maximum Gasteiger partial charge on any atom is 0.303 e. The Labute approximate surface area is 122 Å². The molecule has 0 atom stereocenters. The van der Waals surface area contributed by atoms with Crippen molar-refractivity contribution in [1.82, 2.24) is 10.2 Å². The van der Waals surface area contributed by atoms with Crippen molar-refractivity contribution in [2.24, 2.45) is 0 Å². The zero-order valence-electron chi connectivity index (χ0n) is 11.3. The molecule has 0 aliphatic carbocycles. The predicted molar refractivity (Wildman–Crippen MR) is 77.0 cm³/mol. The smallest absolute Gasteiger partial charge is 0.303 e. The van der Waals surface area contributed by atoms with E-state index in [4.69, 9.17) is 5.11 Å². The molecule has 0 aliphatic heterocycles. The molecular weight excluding hydrogens is 270 g/mol. The van der Waals surface area contributed by atoms with E-state index in [1.807, 2.05) is 30.3 Å². The largest absolute Gasteiger partial charge is 0.481 e. The molecule has 2 aromatic rings. The fourth-order valence-electron chi connectivity index (χ4n) is 1.92. The first-order valence-electron chi connectivity index (χ1n) is 6.54. The summed E-state index contributed by atoms with van der Waals surface area (Å²) in [6.07, 6.45) is 3.25. The molecule has 0 saturated carbocycles. The third-order valence-corrected chi connectivity index (χ3v) is 2.92. The first-order valence-corrected chi connectivity index (χ1v) is 6.54. The summed E-state index contributed by atoms with van der Waals surface area (Å²) in [4.78, 5) is 24.7. The molecule has 0 bridgehead atoms. The van der Waals surface area contributed by atoms with Crippen molar-refractivity contribution in [3.05, 3.63) is 54.4 Å². The lowest BCUT2D eigenvalue weighted by Gasteiger charge is -2.22. The molecule has 1 aromatic heterocycles. The first-order chi connectivity index (χ1) is 10.2. The number of hydrogen-bond donors (Lipinski definition) is 1. The zero-order valence-corrected chi connectivity index (χ0v) is 11.3. The second kappa shape index (κ2) is 7.14. The number of nitrogens with zero attached hydrogens (tertiary/aromatic N) is 3. The van der Waals surface area contributed by atoms with E-state index in [-0.39, 0.29) is 12.3 Å². The molecule has 21 heavy (non-hydrogen) atoms. The molecule has 6 nitrogen and oxygen atoms in total. The Hall–Kier alpha value is -2.76. The summed E-state index contributed by atoms with van der Waals surface area (Å²) >= 11 is 0. The summed E-state index contributed by atoms with van der Waals surface area (Å²) in [5, 5.41) is 16.1. The van der Waals surface area contributed by atoms with Gasteiger partial charge in [-0.25, -0.2) is 0 Å². The highest BCUT2D eigenvalue weighted by molar-refractivity contribution is 6.05. The third kappa shape index (κ3) is 4.10. The molecule has 6 heteroatoms. The molecule has 1 aromatic carbocycles. The Balaban J connectivity index is 2.19. The van der Waals surface area contributed by atoms with Crippen LogP contribution in [0.5, 0.6) is 0 Å². The topological polar surface area (TPSA) is 83.4 Å². The number of aliphatic carboxylic acids is 1. The van der Waals surface area contributed by atoms with Crippen molar-refractivity contribution < 1.29 is 14.7 Å². The van der Waals surface area contributed by atoms with Gasteiger partial charge >= 0.3 is 5.97 Å². The second-order valence-corrected chi connectivity index (χ2v) is 4.42. The lowest BCUT2D eigenvalue weighted by atomic mass is 10.2. The first kappa shape index (κ1) is 14.6. The highest BCUT2D eigenvalue weighted by atomic mass is 16.4. The van der Waals surface area contributed by atoms with E-state index in [0.717, 1.165) is 5.69 Å². The van der Waals surface area contributed by atoms with E-state index in [9.17, 15) is 9.59 Å². The lowest BCUT2D eigenvalue weighted by molar-refractivity contribution is -0.137. The minimum Gasteiger partial charge on any atom is -0.481 e. The zero-order chi connectivity index (χ0) is 15.1. The van der Waals surface area contributed by atoms with Gasteiger partial charge in [-0.3, -0.25) is 9.59 Å². The van der Waals surface area contributed by atoms with Gasteiger partial charge in [-0.2, -0.15) is 10.2 Å². The van der Waals surface area contributed by atoms with E-state index in [2.05, 4.69) is 10.2 Å². The Morgan fingerprint density at radius 3 is 2.48 bits per heavy atom. The van der Waals surface area contributed by atoms with Crippen LogP contribution in [0.4, 0.5) is 5.69 Å². The van der Waals surface area contributed by atoms with Crippen molar-refractivity contribution in [3.8, 4) is 0 Å². The fourth-order valence-corrected chi connectivity index (χ4v) is 1.92. The summed E-state index contributed by atoms with van der Waals surface area (Å²) in [5.41, 5.74) is 1.15. The van der Waals surface area contributed by atoms with Crippen LogP contribution in [0.3, 0.4) is 0 Å². The Kier molecular flexibility index (Phi) is 4.98. The van der Waals surface area contributed by atoms with Gasteiger partial charge in [0.2, 0.25) is 0 Å². The molecular formula is C15H15N3O3. The van der Waals surface area contributed by atoms with E-state index in [0.29, 0.717) is 18.5 Å². The maximum atomic E-state index is 12.5. The number of anilines is 1. The van der Waals surface area contributed by atoms with Crippen LogP contribution in [0.25, 0.3) is 0 Å². The van der Waals surface area contributed by atoms with Crippen LogP contribution in [0, 0.1) is 0 Å². The Morgan fingerprint density at radius 1 is 1.10 bits per heavy atom. The van der Waals surface area contributed by atoms with Crippen LogP contribution in [0.2, 0.25) is 0 Å². The van der Waals surface area contributed by atoms with Gasteiger partial charge in [0.1, 0.15) is 0 Å². The van der Waals surface area contributed by atoms with Gasteiger partial charge in [0.15, 0.2) is 0 Å². The number of carbonyl (C=O) groups is 2. The predicted octanol–water partition coefficient (Wildman–Crippen LogP) is 1.99. The van der Waals surface area contributed by atoms with Crippen molar-refractivity contribution in [2.45, 2.75) is 12.8 Å². The van der Waals surface area contributed by atoms with Gasteiger partial charge in [0, 0.05) is 18.7 Å². The fraction of sp³-hybridized carbons (Fsp3) is 0.200. The number of carboxylic acids is 1. The van der Waals surface area contributed by atoms with Crippen molar-refractivity contribution in [1.29, 1.82) is 0 Å². The molecule has 108 valence electrons. The molecule has 1 N–H and O–H groups in total. The van der Waals surface area contributed by atoms with Crippen LogP contribution in [-0.4, -0.2) is 33.7 Å². The van der Waals surface area contributed by atoms with Crippen molar-refractivity contribution in [2.75, 3.05) is 11.4 Å². The number of aromatic nitrogens is 2. The Morgan fingerprint density at radius 2 is 1.86 bits per heavy atom. The van der Waals surface area contributed by atoms with Crippen LogP contribution >= 0.6 is 0 Å². The summed E-state index contributed by atoms with van der Waals surface area (Å²) in [5.74, 6) is -1.09. The minimum atomic E-state index is -0.874. The van der Waals surface area contributed by atoms with Gasteiger partial charge < -0.3 is 10.0 Å². The Bertz CT molecular complexity index is 602. The minimum absolute atomic E-state index is 0.0191. The number of rotatable bonds is 6. The van der Waals surface area contributed by atoms with E-state index >= 15 is 0 Å². The maximum absolute atomic E-state index is 12.5. The summed E-state index contributed by atoms with van der Waals surface area (Å²) < 4.78 is 0. The number of hydrogen-bond acceptors (Lipinski definition) is 4. The molecule has 0 spiro atoms. The SMILES string of the molecule is O=C(O)CCCN(C(=O)c1ccnnc1)c1ccccc1. The van der Waals surface area contributed by atoms with Crippen LogP contribution in [0.1, 0.15) is 23.2 Å². The highest BCUT2D eigenvalue weighted by Crippen LogP contribution is 2.17. The monoisotopic (exact) mass is 285 g/mol. The molecule has 0 radical (unpaired) electrons. The van der Waals surface area contributed by atoms with Crippen LogP contribution in [0.15, 0.2) is 48.8 Å². The highest BCUT2D eigenvalue weighted by Gasteiger charge is 2.17. The second-order valence-electron chi connectivity index (χ2n) is 4.42. The van der Waals surface area contributed by atoms with Gasteiger partial charge in [-0.1, -0.05) is 18.2 Å². The average molecular weight is 285 g/mol. The van der Waals surface area contributed by atoms with E-state index in [1.165, 1.54) is 12.4 Å². The normalized spacial score (nSPS) is 10.1. The molecule has 0 fully saturated rings. The summed E-state index contributed by atoms with van der Waals surface area (Å²) in [6, 6.07) is 10.7. The van der Waals surface area contributed by atoms with Gasteiger partial charge in [-0.05, 0) is 24.6 Å². The summed E-state index contributed by atoms with van der Waals surface area (Å²) in [7, 11) is 0. The number of para-hydroxylation sites is 1. The number of amides is 1. The lowest BCUT2D eigenvalue weighted by Crippen LogP contribution is -2.32. The van der Waals surface area contributed by atoms with Gasteiger partial charge in [-0.15, -0.1) is 0 Å². The van der Waals surface area contributed by atoms with Gasteiger partial charge in [0.05, 0.1) is 18.0 Å². The van der Waals surface area contributed by atoms with E-state index < -0.39 is 5.97 Å². The number of benzene rings is 1. The van der Waals surface area contributed by atoms with E-state index in [1.54, 1.807) is 11.0 Å². The average Bonchev–Trinajstić information content (AvgIpc) is 2.52. The standard InChI is InChI=1S/C15H15N3O3/c19-14(20)7-4-10-18(13-5-2-1-3-6-13)15(21)12-8-9-16-17-11-12/h1-3,5-6,8-9,11H,4,7,10H2,(H,19,20). The quantitative estimate of drug-likeness (QED) is 0.877. The third-order valence-electron chi connectivity index (χ3n) is 2.92. The number of carbonyl (C=O) groups excluding carboxylic acids is 1. The molecule has 1 amide bonds. The van der Waals surface area contributed by atoms with Crippen molar-refractivity contribution in [3.63, 3.8) is 0 Å². The van der Waals surface area contributed by atoms with Crippen molar-refractivity contribution >= 4 is 17.6 Å². The summed E-state index contributed by atoms with van der Waals surface area (Å²) in [6.45, 7) is 0.331. The molecule has 1 heterocycles. The molecule has 0 unspecified atom stereocenters. The van der Waals surface area contributed by atoms with Crippen LogP contribution in [-0.2, 0) is 4.79 Å². The molecule has 0 saturated heterocycles. The van der Waals surface area contributed by atoms with Crippen LogP contribution < -0.4 is 4.90 Å². The van der Waals surface area contributed by atoms with Gasteiger partial charge in [0.25, 0.3) is 5.91 Å².